The zero-order chi connectivity index (χ0) is 23.6. The molecule has 2 N–H and O–H groups in total. The second kappa shape index (κ2) is 9.36. The maximum atomic E-state index is 13.1. The van der Waals surface area contributed by atoms with Gasteiger partial charge in [0.1, 0.15) is 11.9 Å². The highest BCUT2D eigenvalue weighted by molar-refractivity contribution is 7.89. The number of carbonyl (C=O) groups excluding carboxylic acids is 2. The van der Waals surface area contributed by atoms with Crippen LogP contribution in [0.15, 0.2) is 47.4 Å². The minimum Gasteiger partial charge on any atom is -0.454 e. The van der Waals surface area contributed by atoms with Crippen LogP contribution >= 0.6 is 0 Å². The largest absolute Gasteiger partial charge is 0.454 e. The van der Waals surface area contributed by atoms with Gasteiger partial charge in [0, 0.05) is 30.8 Å². The lowest BCUT2D eigenvalue weighted by Gasteiger charge is -2.31. The van der Waals surface area contributed by atoms with Crippen LogP contribution in [0.4, 0.5) is 10.1 Å². The number of carbonyl (C=O) groups is 2. The number of hydrogen-bond acceptors (Lipinski definition) is 6. The van der Waals surface area contributed by atoms with Crippen LogP contribution in [0.25, 0.3) is 0 Å². The second-order valence-electron chi connectivity index (χ2n) is 7.92. The van der Waals surface area contributed by atoms with E-state index < -0.39 is 33.7 Å². The first-order valence-corrected chi connectivity index (χ1v) is 11.9. The summed E-state index contributed by atoms with van der Waals surface area (Å²) in [5, 5.41) is 5.42. The first-order valence-electron chi connectivity index (χ1n) is 10.5. The Balaban J connectivity index is 1.28. The highest BCUT2D eigenvalue weighted by Gasteiger charge is 2.33. The molecule has 1 fully saturated rings. The van der Waals surface area contributed by atoms with Crippen LogP contribution in [0.2, 0.25) is 0 Å². The molecule has 176 valence electrons. The molecule has 0 aromatic heterocycles. The molecule has 4 rings (SSSR count). The van der Waals surface area contributed by atoms with Crippen molar-refractivity contribution < 1.29 is 31.9 Å². The monoisotopic (exact) mass is 477 g/mol. The standard InChI is InChI=1S/C22H24FN3O6S/c1-14(21(27)25-17-4-7-19-20(12-17)32-13-31-19)24-22(28)15-8-10-26(11-9-15)33(29,30)18-5-2-16(23)3-6-18/h2-7,12,14-15H,8-11,13H2,1H3,(H,24,28)(H,25,27). The summed E-state index contributed by atoms with van der Waals surface area (Å²) in [4.78, 5) is 25.1. The van der Waals surface area contributed by atoms with Crippen molar-refractivity contribution in [3.8, 4) is 11.5 Å². The molecule has 1 unspecified atom stereocenters. The Hall–Kier alpha value is -3.18. The Morgan fingerprint density at radius 1 is 1.06 bits per heavy atom. The van der Waals surface area contributed by atoms with Crippen LogP contribution in [0.5, 0.6) is 11.5 Å². The average Bonchev–Trinajstić information content (AvgIpc) is 3.27. The minimum atomic E-state index is -3.75. The highest BCUT2D eigenvalue weighted by Crippen LogP contribution is 2.34. The number of nitrogens with zero attached hydrogens (tertiary/aromatic N) is 1. The second-order valence-corrected chi connectivity index (χ2v) is 9.86. The smallest absolute Gasteiger partial charge is 0.246 e. The fourth-order valence-corrected chi connectivity index (χ4v) is 5.21. The molecule has 33 heavy (non-hydrogen) atoms. The molecule has 0 aliphatic carbocycles. The third kappa shape index (κ3) is 5.09. The van der Waals surface area contributed by atoms with E-state index in [-0.39, 0.29) is 30.7 Å². The summed E-state index contributed by atoms with van der Waals surface area (Å²) >= 11 is 0. The zero-order valence-electron chi connectivity index (χ0n) is 17.9. The molecule has 0 spiro atoms. The molecule has 1 atom stereocenters. The van der Waals surface area contributed by atoms with E-state index in [9.17, 15) is 22.4 Å². The SMILES string of the molecule is CC(NC(=O)C1CCN(S(=O)(=O)c2ccc(F)cc2)CC1)C(=O)Nc1ccc2c(c1)OCO2. The normalized spacial score (nSPS) is 17.4. The topological polar surface area (TPSA) is 114 Å². The lowest BCUT2D eigenvalue weighted by atomic mass is 9.97. The number of amides is 2. The number of fused-ring (bicyclic) bond motifs is 1. The van der Waals surface area contributed by atoms with Gasteiger partial charge in [-0.3, -0.25) is 9.59 Å². The maximum Gasteiger partial charge on any atom is 0.246 e. The van der Waals surface area contributed by atoms with Crippen LogP contribution < -0.4 is 20.1 Å². The van der Waals surface area contributed by atoms with Crippen molar-refractivity contribution >= 4 is 27.5 Å². The highest BCUT2D eigenvalue weighted by atomic mass is 32.2. The molecule has 11 heteroatoms. The summed E-state index contributed by atoms with van der Waals surface area (Å²) in [7, 11) is -3.75. The maximum absolute atomic E-state index is 13.1. The summed E-state index contributed by atoms with van der Waals surface area (Å²) in [5.74, 6) is -0.485. The number of piperidine rings is 1. The van der Waals surface area contributed by atoms with E-state index >= 15 is 0 Å². The van der Waals surface area contributed by atoms with Gasteiger partial charge in [-0.05, 0) is 56.2 Å². The number of benzene rings is 2. The van der Waals surface area contributed by atoms with Gasteiger partial charge in [0.15, 0.2) is 11.5 Å². The Bertz CT molecular complexity index is 1150. The predicted molar refractivity (Wildman–Crippen MR) is 117 cm³/mol. The third-order valence-corrected chi connectivity index (χ3v) is 7.58. The average molecular weight is 478 g/mol. The minimum absolute atomic E-state index is 0.0145. The Kier molecular flexibility index (Phi) is 6.52. The van der Waals surface area contributed by atoms with E-state index in [1.165, 1.54) is 16.4 Å². The number of nitrogens with one attached hydrogen (secondary N) is 2. The number of rotatable bonds is 6. The summed E-state index contributed by atoms with van der Waals surface area (Å²) in [5.41, 5.74) is 0.518. The fourth-order valence-electron chi connectivity index (χ4n) is 3.74. The van der Waals surface area contributed by atoms with E-state index in [0.29, 0.717) is 30.0 Å². The van der Waals surface area contributed by atoms with Crippen LogP contribution in [0.3, 0.4) is 0 Å². The van der Waals surface area contributed by atoms with Crippen LogP contribution in [0.1, 0.15) is 19.8 Å². The van der Waals surface area contributed by atoms with E-state index in [2.05, 4.69) is 10.6 Å². The number of hydrogen-bond donors (Lipinski definition) is 2. The van der Waals surface area contributed by atoms with Crippen LogP contribution in [-0.2, 0) is 19.6 Å². The van der Waals surface area contributed by atoms with Gasteiger partial charge in [-0.2, -0.15) is 4.31 Å². The van der Waals surface area contributed by atoms with E-state index in [0.717, 1.165) is 12.1 Å². The molecular weight excluding hydrogens is 453 g/mol. The molecule has 2 heterocycles. The van der Waals surface area contributed by atoms with Crippen molar-refractivity contribution in [3.05, 3.63) is 48.3 Å². The Morgan fingerprint density at radius 3 is 2.42 bits per heavy atom. The molecule has 2 aromatic carbocycles. The van der Waals surface area contributed by atoms with Crippen LogP contribution in [0, 0.1) is 11.7 Å². The summed E-state index contributed by atoms with van der Waals surface area (Å²) in [6.07, 6.45) is 0.644. The Morgan fingerprint density at radius 2 is 1.73 bits per heavy atom. The first-order chi connectivity index (χ1) is 15.7. The quantitative estimate of drug-likeness (QED) is 0.659. The molecule has 2 amide bonds. The molecule has 2 aliphatic heterocycles. The summed E-state index contributed by atoms with van der Waals surface area (Å²) in [6, 6.07) is 8.88. The zero-order valence-corrected chi connectivity index (χ0v) is 18.7. The number of halogens is 1. The van der Waals surface area contributed by atoms with Gasteiger partial charge < -0.3 is 20.1 Å². The van der Waals surface area contributed by atoms with E-state index in [1.54, 1.807) is 25.1 Å². The third-order valence-electron chi connectivity index (χ3n) is 5.67. The lowest BCUT2D eigenvalue weighted by molar-refractivity contribution is -0.129. The molecule has 0 saturated carbocycles. The van der Waals surface area contributed by atoms with Gasteiger partial charge in [0.05, 0.1) is 4.90 Å². The summed E-state index contributed by atoms with van der Waals surface area (Å²) < 4.78 is 50.4. The van der Waals surface area contributed by atoms with Gasteiger partial charge in [0.2, 0.25) is 28.6 Å². The predicted octanol–water partition coefficient (Wildman–Crippen LogP) is 2.10. The van der Waals surface area contributed by atoms with Gasteiger partial charge in [-0.15, -0.1) is 0 Å². The Labute approximate surface area is 190 Å². The van der Waals surface area contributed by atoms with Gasteiger partial charge in [-0.1, -0.05) is 0 Å². The number of anilines is 1. The molecule has 2 aliphatic rings. The number of ether oxygens (including phenoxy) is 2. The van der Waals surface area contributed by atoms with Gasteiger partial charge in [0.25, 0.3) is 0 Å². The van der Waals surface area contributed by atoms with Crippen molar-refractivity contribution in [1.82, 2.24) is 9.62 Å². The fraction of sp³-hybridized carbons (Fsp3) is 0.364. The molecule has 1 saturated heterocycles. The van der Waals surface area contributed by atoms with E-state index in [1.807, 2.05) is 0 Å². The van der Waals surface area contributed by atoms with Crippen LogP contribution in [-0.4, -0.2) is 50.5 Å². The van der Waals surface area contributed by atoms with E-state index in [4.69, 9.17) is 9.47 Å². The molecule has 2 aromatic rings. The first kappa shape index (κ1) is 23.0. The van der Waals surface area contributed by atoms with Crippen molar-refractivity contribution in [3.63, 3.8) is 0 Å². The van der Waals surface area contributed by atoms with Crippen molar-refractivity contribution in [1.29, 1.82) is 0 Å². The van der Waals surface area contributed by atoms with Crippen molar-refractivity contribution in [2.45, 2.75) is 30.7 Å². The van der Waals surface area contributed by atoms with Crippen molar-refractivity contribution in [2.75, 3.05) is 25.2 Å². The van der Waals surface area contributed by atoms with Gasteiger partial charge in [-0.25, -0.2) is 12.8 Å². The molecular formula is C22H24FN3O6S. The van der Waals surface area contributed by atoms with Crippen molar-refractivity contribution in [2.24, 2.45) is 5.92 Å². The lowest BCUT2D eigenvalue weighted by Crippen LogP contribution is -2.47. The van der Waals surface area contributed by atoms with Gasteiger partial charge >= 0.3 is 0 Å². The number of sulfonamides is 1. The molecule has 9 nitrogen and oxygen atoms in total. The molecule has 0 bridgehead atoms. The molecule has 0 radical (unpaired) electrons. The summed E-state index contributed by atoms with van der Waals surface area (Å²) in [6.45, 7) is 2.03.